The van der Waals surface area contributed by atoms with E-state index in [0.717, 1.165) is 24.1 Å². The topological polar surface area (TPSA) is 36.4 Å². The van der Waals surface area contributed by atoms with Crippen molar-refractivity contribution in [3.05, 3.63) is 63.9 Å². The van der Waals surface area contributed by atoms with Crippen molar-refractivity contribution < 1.29 is 5.11 Å². The van der Waals surface area contributed by atoms with Crippen LogP contribution in [-0.4, -0.2) is 35.1 Å². The van der Waals surface area contributed by atoms with E-state index in [4.69, 9.17) is 23.2 Å². The molecule has 21 heavy (non-hydrogen) atoms. The van der Waals surface area contributed by atoms with Crippen LogP contribution in [0, 0.1) is 0 Å². The van der Waals surface area contributed by atoms with E-state index in [2.05, 4.69) is 9.88 Å². The van der Waals surface area contributed by atoms with Crippen molar-refractivity contribution in [1.82, 2.24) is 9.88 Å². The Morgan fingerprint density at radius 2 is 1.86 bits per heavy atom. The molecule has 1 aromatic carbocycles. The highest BCUT2D eigenvalue weighted by atomic mass is 35.5. The molecule has 1 aromatic heterocycles. The van der Waals surface area contributed by atoms with Crippen LogP contribution in [0.2, 0.25) is 10.0 Å². The minimum Gasteiger partial charge on any atom is -0.387 e. The molecule has 0 saturated carbocycles. The SMILES string of the molecule is CN(CCc1ccc(Cl)c(Cl)c1)CC(O)c1ccncc1. The first-order valence-electron chi connectivity index (χ1n) is 6.76. The Morgan fingerprint density at radius 3 is 2.52 bits per heavy atom. The van der Waals surface area contributed by atoms with Gasteiger partial charge in [0.25, 0.3) is 0 Å². The van der Waals surface area contributed by atoms with E-state index in [9.17, 15) is 5.11 Å². The summed E-state index contributed by atoms with van der Waals surface area (Å²) in [5.41, 5.74) is 2.01. The van der Waals surface area contributed by atoms with Crippen molar-refractivity contribution >= 4 is 23.2 Å². The van der Waals surface area contributed by atoms with E-state index in [-0.39, 0.29) is 0 Å². The molecule has 0 aliphatic carbocycles. The Kier molecular flexibility index (Phi) is 6.00. The van der Waals surface area contributed by atoms with Crippen LogP contribution in [0.15, 0.2) is 42.7 Å². The van der Waals surface area contributed by atoms with Gasteiger partial charge in [-0.15, -0.1) is 0 Å². The van der Waals surface area contributed by atoms with E-state index >= 15 is 0 Å². The quantitative estimate of drug-likeness (QED) is 0.882. The second kappa shape index (κ2) is 7.76. The third-order valence-electron chi connectivity index (χ3n) is 3.34. The van der Waals surface area contributed by atoms with Crippen LogP contribution in [-0.2, 0) is 6.42 Å². The number of likely N-dealkylation sites (N-methyl/N-ethyl adjacent to an activating group) is 1. The first kappa shape index (κ1) is 16.2. The molecular weight excluding hydrogens is 307 g/mol. The Balaban J connectivity index is 1.84. The van der Waals surface area contributed by atoms with Gasteiger partial charge in [-0.2, -0.15) is 0 Å². The highest BCUT2D eigenvalue weighted by Gasteiger charge is 2.10. The number of benzene rings is 1. The van der Waals surface area contributed by atoms with Gasteiger partial charge in [0, 0.05) is 25.5 Å². The number of aliphatic hydroxyl groups is 1. The number of pyridine rings is 1. The molecule has 0 fully saturated rings. The molecule has 5 heteroatoms. The molecule has 0 aliphatic heterocycles. The minimum absolute atomic E-state index is 0.508. The molecular formula is C16H18Cl2N2O. The molecule has 0 aliphatic rings. The van der Waals surface area contributed by atoms with Gasteiger partial charge < -0.3 is 10.0 Å². The van der Waals surface area contributed by atoms with E-state index in [0.29, 0.717) is 16.6 Å². The van der Waals surface area contributed by atoms with Crippen LogP contribution < -0.4 is 0 Å². The lowest BCUT2D eigenvalue weighted by Gasteiger charge is -2.20. The molecule has 2 rings (SSSR count). The summed E-state index contributed by atoms with van der Waals surface area (Å²) < 4.78 is 0. The van der Waals surface area contributed by atoms with Gasteiger partial charge in [0.05, 0.1) is 16.1 Å². The van der Waals surface area contributed by atoms with Crippen LogP contribution in [0.3, 0.4) is 0 Å². The largest absolute Gasteiger partial charge is 0.387 e. The Hall–Kier alpha value is -1.13. The highest BCUT2D eigenvalue weighted by molar-refractivity contribution is 6.42. The second-order valence-corrected chi connectivity index (χ2v) is 5.87. The second-order valence-electron chi connectivity index (χ2n) is 5.06. The zero-order valence-electron chi connectivity index (χ0n) is 11.8. The molecule has 0 radical (unpaired) electrons. The summed E-state index contributed by atoms with van der Waals surface area (Å²) in [7, 11) is 1.99. The first-order chi connectivity index (χ1) is 10.1. The van der Waals surface area contributed by atoms with Crippen LogP contribution in [0.4, 0.5) is 0 Å². The molecule has 1 heterocycles. The number of halogens is 2. The molecule has 1 atom stereocenters. The summed E-state index contributed by atoms with van der Waals surface area (Å²) in [6.45, 7) is 1.41. The standard InChI is InChI=1S/C16H18Cl2N2O/c1-20(11-16(21)13-4-7-19-8-5-13)9-6-12-2-3-14(17)15(18)10-12/h2-5,7-8,10,16,21H,6,9,11H2,1H3. The van der Waals surface area contributed by atoms with Crippen molar-refractivity contribution in [3.8, 4) is 0 Å². The summed E-state index contributed by atoms with van der Waals surface area (Å²) in [4.78, 5) is 6.04. The van der Waals surface area contributed by atoms with Crippen LogP contribution in [0.1, 0.15) is 17.2 Å². The predicted octanol–water partition coefficient (Wildman–Crippen LogP) is 3.60. The van der Waals surface area contributed by atoms with Crippen molar-refractivity contribution in [2.24, 2.45) is 0 Å². The predicted molar refractivity (Wildman–Crippen MR) is 86.9 cm³/mol. The van der Waals surface area contributed by atoms with E-state index in [1.807, 2.05) is 37.4 Å². The average Bonchev–Trinajstić information content (AvgIpc) is 2.49. The fourth-order valence-corrected chi connectivity index (χ4v) is 2.41. The highest BCUT2D eigenvalue weighted by Crippen LogP contribution is 2.23. The fraction of sp³-hybridized carbons (Fsp3) is 0.312. The van der Waals surface area contributed by atoms with Crippen LogP contribution in [0.25, 0.3) is 0 Å². The number of aromatic nitrogens is 1. The number of hydrogen-bond acceptors (Lipinski definition) is 3. The smallest absolute Gasteiger partial charge is 0.0917 e. The van der Waals surface area contributed by atoms with Gasteiger partial charge in [0.1, 0.15) is 0 Å². The summed E-state index contributed by atoms with van der Waals surface area (Å²) in [5.74, 6) is 0. The van der Waals surface area contributed by atoms with Crippen LogP contribution >= 0.6 is 23.2 Å². The van der Waals surface area contributed by atoms with Gasteiger partial charge in [0.15, 0.2) is 0 Å². The van der Waals surface area contributed by atoms with Crippen LogP contribution in [0.5, 0.6) is 0 Å². The van der Waals surface area contributed by atoms with Gasteiger partial charge in [0.2, 0.25) is 0 Å². The number of nitrogens with zero attached hydrogens (tertiary/aromatic N) is 2. The maximum Gasteiger partial charge on any atom is 0.0917 e. The van der Waals surface area contributed by atoms with Crippen molar-refractivity contribution in [2.75, 3.05) is 20.1 Å². The van der Waals surface area contributed by atoms with Gasteiger partial charge >= 0.3 is 0 Å². The molecule has 2 aromatic rings. The van der Waals surface area contributed by atoms with E-state index in [1.54, 1.807) is 12.4 Å². The molecule has 0 spiro atoms. The summed E-state index contributed by atoms with van der Waals surface area (Å²) in [6, 6.07) is 9.33. The summed E-state index contributed by atoms with van der Waals surface area (Å²) >= 11 is 11.9. The zero-order chi connectivity index (χ0) is 15.2. The lowest BCUT2D eigenvalue weighted by Crippen LogP contribution is -2.26. The van der Waals surface area contributed by atoms with Gasteiger partial charge in [-0.05, 0) is 48.9 Å². The van der Waals surface area contributed by atoms with Gasteiger partial charge in [-0.1, -0.05) is 29.3 Å². The molecule has 3 nitrogen and oxygen atoms in total. The number of hydrogen-bond donors (Lipinski definition) is 1. The van der Waals surface area contributed by atoms with E-state index < -0.39 is 6.10 Å². The molecule has 0 bridgehead atoms. The third-order valence-corrected chi connectivity index (χ3v) is 4.08. The monoisotopic (exact) mass is 324 g/mol. The molecule has 112 valence electrons. The Bertz CT molecular complexity index is 578. The molecule has 1 N–H and O–H groups in total. The average molecular weight is 325 g/mol. The fourth-order valence-electron chi connectivity index (χ4n) is 2.09. The summed E-state index contributed by atoms with van der Waals surface area (Å²) in [6.07, 6.45) is 3.73. The van der Waals surface area contributed by atoms with Gasteiger partial charge in [-0.3, -0.25) is 4.98 Å². The first-order valence-corrected chi connectivity index (χ1v) is 7.52. The maximum atomic E-state index is 10.2. The van der Waals surface area contributed by atoms with E-state index in [1.165, 1.54) is 0 Å². The Labute approximate surface area is 135 Å². The van der Waals surface area contributed by atoms with Crippen molar-refractivity contribution in [1.29, 1.82) is 0 Å². The Morgan fingerprint density at radius 1 is 1.14 bits per heavy atom. The normalized spacial score (nSPS) is 12.6. The third kappa shape index (κ3) is 4.97. The zero-order valence-corrected chi connectivity index (χ0v) is 13.3. The molecule has 1 unspecified atom stereocenters. The lowest BCUT2D eigenvalue weighted by atomic mass is 10.1. The maximum absolute atomic E-state index is 10.2. The van der Waals surface area contributed by atoms with Crippen molar-refractivity contribution in [3.63, 3.8) is 0 Å². The molecule has 0 amide bonds. The number of rotatable bonds is 6. The van der Waals surface area contributed by atoms with Crippen molar-refractivity contribution in [2.45, 2.75) is 12.5 Å². The minimum atomic E-state index is -0.508. The number of aliphatic hydroxyl groups excluding tert-OH is 1. The molecule has 0 saturated heterocycles. The van der Waals surface area contributed by atoms with Gasteiger partial charge in [-0.25, -0.2) is 0 Å². The lowest BCUT2D eigenvalue weighted by molar-refractivity contribution is 0.127. The summed E-state index contributed by atoms with van der Waals surface area (Å²) in [5, 5.41) is 11.3.